The SMILES string of the molecule is CC(C)[C@H](Nc1ccc(F)c(Cl)c1)C(=O)O. The third-order valence-electron chi connectivity index (χ3n) is 2.17. The molecular weight excluding hydrogens is 233 g/mol. The van der Waals surface area contributed by atoms with Gasteiger partial charge < -0.3 is 10.4 Å². The van der Waals surface area contributed by atoms with Gasteiger partial charge in [0, 0.05) is 5.69 Å². The van der Waals surface area contributed by atoms with Crippen molar-refractivity contribution in [1.82, 2.24) is 0 Å². The molecule has 0 aliphatic rings. The number of rotatable bonds is 4. The standard InChI is InChI=1S/C11H13ClFNO2/c1-6(2)10(11(15)16)14-7-3-4-9(13)8(12)5-7/h3-6,10,14H,1-2H3,(H,15,16)/t10-/m0/s1. The average Bonchev–Trinajstić information content (AvgIpc) is 2.18. The number of anilines is 1. The van der Waals surface area contributed by atoms with E-state index in [2.05, 4.69) is 5.32 Å². The van der Waals surface area contributed by atoms with Crippen molar-refractivity contribution >= 4 is 23.3 Å². The number of carboxylic acid groups (broad SMARTS) is 1. The van der Waals surface area contributed by atoms with Gasteiger partial charge in [0.25, 0.3) is 0 Å². The maximum Gasteiger partial charge on any atom is 0.326 e. The van der Waals surface area contributed by atoms with Gasteiger partial charge in [0.05, 0.1) is 5.02 Å². The van der Waals surface area contributed by atoms with Crippen molar-refractivity contribution in [3.05, 3.63) is 29.0 Å². The minimum absolute atomic E-state index is 0.0297. The van der Waals surface area contributed by atoms with Crippen LogP contribution in [0.5, 0.6) is 0 Å². The van der Waals surface area contributed by atoms with Crippen molar-refractivity contribution in [1.29, 1.82) is 0 Å². The first-order valence-corrected chi connectivity index (χ1v) is 5.24. The van der Waals surface area contributed by atoms with Crippen LogP contribution in [0.15, 0.2) is 18.2 Å². The Kier molecular flexibility index (Phi) is 4.12. The molecule has 16 heavy (non-hydrogen) atoms. The molecule has 0 aliphatic carbocycles. The molecule has 5 heteroatoms. The van der Waals surface area contributed by atoms with Crippen molar-refractivity contribution in [3.63, 3.8) is 0 Å². The van der Waals surface area contributed by atoms with Crippen LogP contribution in [-0.2, 0) is 4.79 Å². The second-order valence-electron chi connectivity index (χ2n) is 3.83. The Hall–Kier alpha value is -1.29. The molecule has 2 N–H and O–H groups in total. The van der Waals surface area contributed by atoms with Gasteiger partial charge in [0.2, 0.25) is 0 Å². The Morgan fingerprint density at radius 3 is 2.56 bits per heavy atom. The second-order valence-corrected chi connectivity index (χ2v) is 4.24. The maximum absolute atomic E-state index is 12.9. The molecule has 0 heterocycles. The molecule has 88 valence electrons. The highest BCUT2D eigenvalue weighted by Gasteiger charge is 2.21. The molecular formula is C11H13ClFNO2. The maximum atomic E-state index is 12.9. The zero-order valence-corrected chi connectivity index (χ0v) is 9.75. The minimum Gasteiger partial charge on any atom is -0.480 e. The lowest BCUT2D eigenvalue weighted by molar-refractivity contribution is -0.138. The minimum atomic E-state index is -0.949. The lowest BCUT2D eigenvalue weighted by Gasteiger charge is -2.19. The largest absolute Gasteiger partial charge is 0.480 e. The first-order valence-electron chi connectivity index (χ1n) is 4.86. The lowest BCUT2D eigenvalue weighted by atomic mass is 10.0. The van der Waals surface area contributed by atoms with E-state index in [1.165, 1.54) is 18.2 Å². The van der Waals surface area contributed by atoms with Gasteiger partial charge in [-0.2, -0.15) is 0 Å². The van der Waals surface area contributed by atoms with Crippen LogP contribution in [-0.4, -0.2) is 17.1 Å². The quantitative estimate of drug-likeness (QED) is 0.857. The third-order valence-corrected chi connectivity index (χ3v) is 2.46. The fourth-order valence-corrected chi connectivity index (χ4v) is 1.46. The van der Waals surface area contributed by atoms with E-state index in [1.807, 2.05) is 0 Å². The number of carboxylic acids is 1. The predicted octanol–water partition coefficient (Wildman–Crippen LogP) is 3.00. The molecule has 1 atom stereocenters. The topological polar surface area (TPSA) is 49.3 Å². The zero-order chi connectivity index (χ0) is 12.3. The summed E-state index contributed by atoms with van der Waals surface area (Å²) in [5.74, 6) is -1.56. The van der Waals surface area contributed by atoms with Crippen LogP contribution >= 0.6 is 11.6 Å². The molecule has 1 aromatic carbocycles. The molecule has 0 saturated heterocycles. The highest BCUT2D eigenvalue weighted by molar-refractivity contribution is 6.31. The van der Waals surface area contributed by atoms with Gasteiger partial charge in [-0.25, -0.2) is 9.18 Å². The number of hydrogen-bond acceptors (Lipinski definition) is 2. The molecule has 0 bridgehead atoms. The Bertz CT molecular complexity index is 396. The van der Waals surface area contributed by atoms with Crippen LogP contribution in [0.3, 0.4) is 0 Å². The normalized spacial score (nSPS) is 12.6. The van der Waals surface area contributed by atoms with Crippen LogP contribution < -0.4 is 5.32 Å². The van der Waals surface area contributed by atoms with E-state index >= 15 is 0 Å². The summed E-state index contributed by atoms with van der Waals surface area (Å²) in [7, 11) is 0. The summed E-state index contributed by atoms with van der Waals surface area (Å²) in [5.41, 5.74) is 0.493. The number of aliphatic carboxylic acids is 1. The van der Waals surface area contributed by atoms with Crippen molar-refractivity contribution in [2.24, 2.45) is 5.92 Å². The van der Waals surface area contributed by atoms with Gasteiger partial charge in [-0.15, -0.1) is 0 Å². The Morgan fingerprint density at radius 1 is 1.50 bits per heavy atom. The summed E-state index contributed by atoms with van der Waals surface area (Å²) < 4.78 is 12.9. The molecule has 1 aromatic rings. The van der Waals surface area contributed by atoms with Crippen molar-refractivity contribution in [2.75, 3.05) is 5.32 Å². The van der Waals surface area contributed by atoms with E-state index in [4.69, 9.17) is 16.7 Å². The van der Waals surface area contributed by atoms with Gasteiger partial charge >= 0.3 is 5.97 Å². The van der Waals surface area contributed by atoms with E-state index in [1.54, 1.807) is 13.8 Å². The van der Waals surface area contributed by atoms with Gasteiger partial charge in [-0.05, 0) is 24.1 Å². The summed E-state index contributed by atoms with van der Waals surface area (Å²) >= 11 is 5.59. The van der Waals surface area contributed by atoms with E-state index in [0.29, 0.717) is 5.69 Å². The van der Waals surface area contributed by atoms with Crippen molar-refractivity contribution < 1.29 is 14.3 Å². The van der Waals surface area contributed by atoms with Crippen LogP contribution in [0.25, 0.3) is 0 Å². The molecule has 0 fully saturated rings. The summed E-state index contributed by atoms with van der Waals surface area (Å²) in [6.07, 6.45) is 0. The first-order chi connectivity index (χ1) is 7.41. The van der Waals surface area contributed by atoms with E-state index in [-0.39, 0.29) is 10.9 Å². The van der Waals surface area contributed by atoms with E-state index in [9.17, 15) is 9.18 Å². The lowest BCUT2D eigenvalue weighted by Crippen LogP contribution is -2.34. The van der Waals surface area contributed by atoms with Crippen LogP contribution in [0.4, 0.5) is 10.1 Å². The van der Waals surface area contributed by atoms with Gasteiger partial charge in [0.15, 0.2) is 0 Å². The third kappa shape index (κ3) is 3.10. The Balaban J connectivity index is 2.86. The molecule has 0 amide bonds. The number of benzene rings is 1. The van der Waals surface area contributed by atoms with Crippen molar-refractivity contribution in [2.45, 2.75) is 19.9 Å². The fourth-order valence-electron chi connectivity index (χ4n) is 1.28. The number of hydrogen-bond donors (Lipinski definition) is 2. The average molecular weight is 246 g/mol. The zero-order valence-electron chi connectivity index (χ0n) is 9.00. The summed E-state index contributed by atoms with van der Waals surface area (Å²) in [4.78, 5) is 10.9. The first kappa shape index (κ1) is 12.8. The number of nitrogens with one attached hydrogen (secondary N) is 1. The molecule has 0 radical (unpaired) electrons. The Morgan fingerprint density at radius 2 is 2.12 bits per heavy atom. The highest BCUT2D eigenvalue weighted by atomic mass is 35.5. The molecule has 0 unspecified atom stereocenters. The molecule has 1 rings (SSSR count). The van der Waals surface area contributed by atoms with E-state index < -0.39 is 17.8 Å². The molecule has 0 aliphatic heterocycles. The molecule has 0 saturated carbocycles. The van der Waals surface area contributed by atoms with Crippen LogP contribution in [0.2, 0.25) is 5.02 Å². The molecule has 0 aromatic heterocycles. The monoisotopic (exact) mass is 245 g/mol. The van der Waals surface area contributed by atoms with Gasteiger partial charge in [-0.3, -0.25) is 0 Å². The van der Waals surface area contributed by atoms with Crippen LogP contribution in [0.1, 0.15) is 13.8 Å². The van der Waals surface area contributed by atoms with Gasteiger partial charge in [-0.1, -0.05) is 25.4 Å². The summed E-state index contributed by atoms with van der Waals surface area (Å²) in [5, 5.41) is 11.7. The fraction of sp³-hybridized carbons (Fsp3) is 0.364. The van der Waals surface area contributed by atoms with Gasteiger partial charge in [0.1, 0.15) is 11.9 Å². The number of halogens is 2. The van der Waals surface area contributed by atoms with Crippen LogP contribution in [0, 0.1) is 11.7 Å². The summed E-state index contributed by atoms with van der Waals surface area (Å²) in [6, 6.07) is 3.31. The highest BCUT2D eigenvalue weighted by Crippen LogP contribution is 2.21. The molecule has 3 nitrogen and oxygen atoms in total. The Labute approximate surface area is 98.2 Å². The van der Waals surface area contributed by atoms with E-state index in [0.717, 1.165) is 0 Å². The smallest absolute Gasteiger partial charge is 0.326 e. The second kappa shape index (κ2) is 5.16. The summed E-state index contributed by atoms with van der Waals surface area (Å²) in [6.45, 7) is 3.58. The predicted molar refractivity (Wildman–Crippen MR) is 61.3 cm³/mol. The molecule has 0 spiro atoms. The van der Waals surface area contributed by atoms with Crippen molar-refractivity contribution in [3.8, 4) is 0 Å². The number of carbonyl (C=O) groups is 1.